The van der Waals surface area contributed by atoms with Gasteiger partial charge < -0.3 is 5.32 Å². The predicted molar refractivity (Wildman–Crippen MR) is 110 cm³/mol. The molecule has 0 aliphatic carbocycles. The molecule has 1 amide bonds. The van der Waals surface area contributed by atoms with Crippen LogP contribution in [-0.4, -0.2) is 35.3 Å². The molecule has 4 aromatic rings. The molecule has 0 aliphatic heterocycles. The van der Waals surface area contributed by atoms with E-state index in [2.05, 4.69) is 25.5 Å². The van der Waals surface area contributed by atoms with Gasteiger partial charge in [0.05, 0.1) is 6.54 Å². The highest BCUT2D eigenvalue weighted by molar-refractivity contribution is 5.91. The Morgan fingerprint density at radius 1 is 1.12 bits per heavy atom. The van der Waals surface area contributed by atoms with Crippen LogP contribution in [-0.2, 0) is 23.9 Å². The quantitative estimate of drug-likeness (QED) is 0.492. The molecule has 1 aromatic carbocycles. The van der Waals surface area contributed by atoms with Gasteiger partial charge in [-0.25, -0.2) is 9.50 Å². The maximum atomic E-state index is 12.9. The maximum Gasteiger partial charge on any atom is 0.453 e. The highest BCUT2D eigenvalue weighted by Crippen LogP contribution is 2.27. The summed E-state index contributed by atoms with van der Waals surface area (Å²) in [5, 5.41) is 10.6. The smallest absolute Gasteiger partial charge is 0.326 e. The Kier molecular flexibility index (Phi) is 5.64. The Morgan fingerprint density at radius 3 is 2.62 bits per heavy atom. The van der Waals surface area contributed by atoms with Gasteiger partial charge in [-0.15, -0.1) is 5.10 Å². The van der Waals surface area contributed by atoms with Crippen molar-refractivity contribution in [1.29, 1.82) is 0 Å². The predicted octanol–water partition coefficient (Wildman–Crippen LogP) is 3.58. The molecule has 0 atom stereocenters. The van der Waals surface area contributed by atoms with Gasteiger partial charge in [0.2, 0.25) is 5.91 Å². The highest BCUT2D eigenvalue weighted by atomic mass is 19.4. The Hall–Kier alpha value is -3.76. The Bertz CT molecular complexity index is 1260. The number of hydrogen-bond acceptors (Lipinski definition) is 5. The number of aryl methyl sites for hydroxylation is 2. The summed E-state index contributed by atoms with van der Waals surface area (Å²) in [7, 11) is 0. The summed E-state index contributed by atoms with van der Waals surface area (Å²) < 4.78 is 41.7. The number of rotatable bonds is 6. The zero-order valence-electron chi connectivity index (χ0n) is 17.4. The monoisotopic (exact) mass is 443 g/mol. The minimum absolute atomic E-state index is 0.118. The van der Waals surface area contributed by atoms with Crippen LogP contribution in [0.2, 0.25) is 0 Å². The molecule has 0 bridgehead atoms. The summed E-state index contributed by atoms with van der Waals surface area (Å²) in [4.78, 5) is 20.2. The van der Waals surface area contributed by atoms with E-state index in [1.54, 1.807) is 24.7 Å². The molecule has 0 spiro atoms. The van der Waals surface area contributed by atoms with Gasteiger partial charge in [-0.3, -0.25) is 9.48 Å². The van der Waals surface area contributed by atoms with E-state index in [9.17, 15) is 18.0 Å². The molecule has 32 heavy (non-hydrogen) atoms. The van der Waals surface area contributed by atoms with Crippen molar-refractivity contribution in [2.75, 3.05) is 5.32 Å². The fraction of sp³-hybridized carbons (Fsp3) is 0.286. The lowest BCUT2D eigenvalue weighted by molar-refractivity contribution is -0.144. The van der Waals surface area contributed by atoms with Gasteiger partial charge in [0.25, 0.3) is 11.6 Å². The van der Waals surface area contributed by atoms with E-state index in [0.717, 1.165) is 10.1 Å². The van der Waals surface area contributed by atoms with Crippen LogP contribution < -0.4 is 5.32 Å². The van der Waals surface area contributed by atoms with E-state index < -0.39 is 12.0 Å². The molecule has 0 saturated heterocycles. The van der Waals surface area contributed by atoms with Crippen LogP contribution >= 0.6 is 0 Å². The maximum absolute atomic E-state index is 12.9. The standard InChI is InChI=1S/C21H20F3N7O/c1-13-16(14(2)31-20(26-13)28-19(29-31)21(22,23)24)8-9-18(32)27-17-7-4-3-6-15(17)12-30-11-5-10-25-30/h3-7,10-11H,8-9,12H2,1-2H3,(H,27,32). The summed E-state index contributed by atoms with van der Waals surface area (Å²) in [6.45, 7) is 3.83. The first-order valence-corrected chi connectivity index (χ1v) is 9.87. The van der Waals surface area contributed by atoms with Crippen molar-refractivity contribution in [3.05, 3.63) is 71.1 Å². The van der Waals surface area contributed by atoms with Gasteiger partial charge in [-0.2, -0.15) is 23.3 Å². The average Bonchev–Trinajstić information content (AvgIpc) is 3.39. The molecule has 8 nitrogen and oxygen atoms in total. The lowest BCUT2D eigenvalue weighted by Crippen LogP contribution is -2.16. The molecule has 3 aromatic heterocycles. The van der Waals surface area contributed by atoms with Crippen molar-refractivity contribution < 1.29 is 18.0 Å². The minimum Gasteiger partial charge on any atom is -0.326 e. The van der Waals surface area contributed by atoms with Gasteiger partial charge in [0, 0.05) is 35.9 Å². The Morgan fingerprint density at radius 2 is 1.91 bits per heavy atom. The van der Waals surface area contributed by atoms with E-state index in [1.165, 1.54) is 0 Å². The summed E-state index contributed by atoms with van der Waals surface area (Å²) in [5.74, 6) is -1.57. The normalized spacial score (nSPS) is 11.8. The third-order valence-electron chi connectivity index (χ3n) is 5.09. The molecule has 11 heteroatoms. The van der Waals surface area contributed by atoms with Crippen LogP contribution in [0.4, 0.5) is 18.9 Å². The number of para-hydroxylation sites is 1. The third kappa shape index (κ3) is 4.46. The number of hydrogen-bond donors (Lipinski definition) is 1. The molecule has 1 N–H and O–H groups in total. The molecule has 0 fully saturated rings. The first-order valence-electron chi connectivity index (χ1n) is 9.87. The molecule has 3 heterocycles. The number of amides is 1. The first-order chi connectivity index (χ1) is 15.2. The number of aromatic nitrogens is 6. The Labute approximate surface area is 181 Å². The molecular formula is C21H20F3N7O. The van der Waals surface area contributed by atoms with E-state index in [4.69, 9.17) is 0 Å². The number of benzene rings is 1. The molecule has 0 aliphatic rings. The van der Waals surface area contributed by atoms with E-state index in [0.29, 0.717) is 35.6 Å². The highest BCUT2D eigenvalue weighted by Gasteiger charge is 2.37. The van der Waals surface area contributed by atoms with E-state index in [-0.39, 0.29) is 18.1 Å². The van der Waals surface area contributed by atoms with Crippen LogP contribution in [0.3, 0.4) is 0 Å². The summed E-state index contributed by atoms with van der Waals surface area (Å²) in [6.07, 6.45) is -0.705. The van der Waals surface area contributed by atoms with E-state index in [1.807, 2.05) is 36.5 Å². The number of alkyl halides is 3. The van der Waals surface area contributed by atoms with Crippen LogP contribution in [0.5, 0.6) is 0 Å². The fourth-order valence-electron chi connectivity index (χ4n) is 3.49. The SMILES string of the molecule is Cc1nc2nc(C(F)(F)F)nn2c(C)c1CCC(=O)Nc1ccccc1Cn1cccn1. The van der Waals surface area contributed by atoms with Gasteiger partial charge in [0.15, 0.2) is 0 Å². The van der Waals surface area contributed by atoms with Gasteiger partial charge in [-0.1, -0.05) is 18.2 Å². The van der Waals surface area contributed by atoms with Crippen LogP contribution in [0.1, 0.15) is 34.8 Å². The van der Waals surface area contributed by atoms with Crippen molar-refractivity contribution >= 4 is 17.4 Å². The van der Waals surface area contributed by atoms with Crippen LogP contribution in [0.25, 0.3) is 5.78 Å². The number of nitrogens with zero attached hydrogens (tertiary/aromatic N) is 6. The molecule has 0 unspecified atom stereocenters. The number of carbonyl (C=O) groups excluding carboxylic acids is 1. The lowest BCUT2D eigenvalue weighted by atomic mass is 10.1. The van der Waals surface area contributed by atoms with Crippen molar-refractivity contribution in [2.45, 2.75) is 39.4 Å². The van der Waals surface area contributed by atoms with Crippen LogP contribution in [0, 0.1) is 13.8 Å². The lowest BCUT2D eigenvalue weighted by Gasteiger charge is -2.13. The van der Waals surface area contributed by atoms with Crippen LogP contribution in [0.15, 0.2) is 42.7 Å². The summed E-state index contributed by atoms with van der Waals surface area (Å²) in [5.41, 5.74) is 3.24. The second-order valence-corrected chi connectivity index (χ2v) is 7.32. The zero-order chi connectivity index (χ0) is 22.9. The number of anilines is 1. The number of halogens is 3. The second-order valence-electron chi connectivity index (χ2n) is 7.32. The van der Waals surface area contributed by atoms with Crippen molar-refractivity contribution in [3.63, 3.8) is 0 Å². The molecule has 0 radical (unpaired) electrons. The fourth-order valence-corrected chi connectivity index (χ4v) is 3.49. The largest absolute Gasteiger partial charge is 0.453 e. The van der Waals surface area contributed by atoms with Gasteiger partial charge >= 0.3 is 6.18 Å². The number of nitrogens with one attached hydrogen (secondary N) is 1. The first kappa shape index (κ1) is 21.5. The summed E-state index contributed by atoms with van der Waals surface area (Å²) in [6, 6.07) is 9.26. The topological polar surface area (TPSA) is 90.0 Å². The zero-order valence-corrected chi connectivity index (χ0v) is 17.4. The molecule has 0 saturated carbocycles. The van der Waals surface area contributed by atoms with Crippen molar-refractivity contribution in [3.8, 4) is 0 Å². The average molecular weight is 443 g/mol. The van der Waals surface area contributed by atoms with Crippen molar-refractivity contribution in [1.82, 2.24) is 29.4 Å². The third-order valence-corrected chi connectivity index (χ3v) is 5.09. The van der Waals surface area contributed by atoms with Gasteiger partial charge in [0.1, 0.15) is 0 Å². The second kappa shape index (κ2) is 8.40. The number of carbonyl (C=O) groups is 1. The van der Waals surface area contributed by atoms with E-state index >= 15 is 0 Å². The minimum atomic E-state index is -4.66. The summed E-state index contributed by atoms with van der Waals surface area (Å²) >= 11 is 0. The Balaban J connectivity index is 1.49. The molecular weight excluding hydrogens is 423 g/mol. The molecule has 166 valence electrons. The molecule has 4 rings (SSSR count). The van der Waals surface area contributed by atoms with Gasteiger partial charge in [-0.05, 0) is 43.5 Å². The number of fused-ring (bicyclic) bond motifs is 1. The van der Waals surface area contributed by atoms with Crippen molar-refractivity contribution in [2.24, 2.45) is 0 Å².